The molecule has 2 atom stereocenters. The quantitative estimate of drug-likeness (QED) is 0.491. The van der Waals surface area contributed by atoms with Gasteiger partial charge in [-0.05, 0) is 49.4 Å². The van der Waals surface area contributed by atoms with E-state index in [4.69, 9.17) is 4.74 Å². The highest BCUT2D eigenvalue weighted by atomic mass is 32.2. The first kappa shape index (κ1) is 18.8. The van der Waals surface area contributed by atoms with E-state index in [0.717, 1.165) is 6.26 Å². The Labute approximate surface area is 152 Å². The maximum absolute atomic E-state index is 12.6. The second-order valence-corrected chi connectivity index (χ2v) is 9.06. The van der Waals surface area contributed by atoms with Gasteiger partial charge in [0.1, 0.15) is 11.3 Å². The van der Waals surface area contributed by atoms with Crippen LogP contribution in [-0.2, 0) is 30.8 Å². The fourth-order valence-corrected chi connectivity index (χ4v) is 4.99. The molecule has 1 aromatic carbocycles. The van der Waals surface area contributed by atoms with Crippen molar-refractivity contribution in [2.24, 2.45) is 11.8 Å². The topological polar surface area (TPSA) is 97.7 Å². The lowest BCUT2D eigenvalue weighted by Crippen LogP contribution is -2.30. The van der Waals surface area contributed by atoms with Crippen molar-refractivity contribution in [2.75, 3.05) is 13.4 Å². The molecule has 0 heterocycles. The Kier molecular flexibility index (Phi) is 4.79. The van der Waals surface area contributed by atoms with Gasteiger partial charge in [-0.1, -0.05) is 0 Å². The minimum atomic E-state index is -3.49. The summed E-state index contributed by atoms with van der Waals surface area (Å²) >= 11 is 0. The van der Waals surface area contributed by atoms with Crippen molar-refractivity contribution in [1.82, 2.24) is 0 Å². The van der Waals surface area contributed by atoms with Crippen molar-refractivity contribution in [3.8, 4) is 0 Å². The number of aliphatic hydroxyl groups excluding tert-OH is 1. The van der Waals surface area contributed by atoms with Gasteiger partial charge in [-0.25, -0.2) is 8.42 Å². The lowest BCUT2D eigenvalue weighted by atomic mass is 9.81. The maximum Gasteiger partial charge on any atom is 0.175 e. The average Bonchev–Trinajstić information content (AvgIpc) is 3.01. The van der Waals surface area contributed by atoms with Crippen LogP contribution in [-0.4, -0.2) is 38.5 Å². The maximum atomic E-state index is 12.6. The molecule has 0 aliphatic heterocycles. The zero-order valence-corrected chi connectivity index (χ0v) is 15.9. The minimum absolute atomic E-state index is 0.0395. The number of methoxy groups -OCH3 is 1. The first-order chi connectivity index (χ1) is 12.2. The van der Waals surface area contributed by atoms with Crippen LogP contribution in [0.5, 0.6) is 0 Å². The monoisotopic (exact) mass is 378 g/mol. The Morgan fingerprint density at radius 1 is 1.19 bits per heavy atom. The highest BCUT2D eigenvalue weighted by Gasteiger charge is 2.45. The lowest BCUT2D eigenvalue weighted by molar-refractivity contribution is -0.127. The highest BCUT2D eigenvalue weighted by Crippen LogP contribution is 2.42. The van der Waals surface area contributed by atoms with Crippen molar-refractivity contribution < 1.29 is 27.9 Å². The molecule has 140 valence electrons. The van der Waals surface area contributed by atoms with E-state index < -0.39 is 9.84 Å². The van der Waals surface area contributed by atoms with Gasteiger partial charge in [0.2, 0.25) is 0 Å². The molecule has 6 nitrogen and oxygen atoms in total. The molecule has 7 heteroatoms. The molecule has 0 spiro atoms. The van der Waals surface area contributed by atoms with Crippen LogP contribution in [0.4, 0.5) is 0 Å². The van der Waals surface area contributed by atoms with E-state index in [2.05, 4.69) is 0 Å². The van der Waals surface area contributed by atoms with Crippen LogP contribution in [0.2, 0.25) is 0 Å². The van der Waals surface area contributed by atoms with E-state index in [0.29, 0.717) is 36.0 Å². The lowest BCUT2D eigenvalue weighted by Gasteiger charge is -2.22. The smallest absolute Gasteiger partial charge is 0.175 e. The second-order valence-electron chi connectivity index (χ2n) is 7.08. The number of carbonyl (C=O) groups excluding carboxylic acids is 2. The summed E-state index contributed by atoms with van der Waals surface area (Å²) in [6.07, 6.45) is 3.01. The SMILES string of the molecule is COCc1c(S(C)(=O)=O)ccc(C(O)=C2C(=O)C3CCC(C3)C2=O)c1C. The summed E-state index contributed by atoms with van der Waals surface area (Å²) in [6, 6.07) is 2.83. The van der Waals surface area contributed by atoms with Crippen LogP contribution >= 0.6 is 0 Å². The molecule has 26 heavy (non-hydrogen) atoms. The molecule has 0 saturated heterocycles. The molecular formula is C19H22O6S. The second kappa shape index (κ2) is 6.63. The molecule has 2 fully saturated rings. The molecule has 2 aliphatic rings. The number of hydrogen-bond donors (Lipinski definition) is 1. The summed E-state index contributed by atoms with van der Waals surface area (Å²) in [7, 11) is -2.04. The zero-order valence-electron chi connectivity index (χ0n) is 15.0. The molecular weight excluding hydrogens is 356 g/mol. The summed E-state index contributed by atoms with van der Waals surface area (Å²) < 4.78 is 29.2. The van der Waals surface area contributed by atoms with E-state index in [1.165, 1.54) is 19.2 Å². The molecule has 2 aliphatic carbocycles. The molecule has 2 bridgehead atoms. The van der Waals surface area contributed by atoms with Gasteiger partial charge in [-0.15, -0.1) is 0 Å². The predicted molar refractivity (Wildman–Crippen MR) is 95.4 cm³/mol. The van der Waals surface area contributed by atoms with Crippen molar-refractivity contribution in [3.63, 3.8) is 0 Å². The Bertz CT molecular complexity index is 902. The number of ether oxygens (including phenoxy) is 1. The summed E-state index contributed by atoms with van der Waals surface area (Å²) in [5, 5.41) is 10.8. The van der Waals surface area contributed by atoms with Crippen LogP contribution in [0.1, 0.15) is 36.0 Å². The summed E-state index contributed by atoms with van der Waals surface area (Å²) in [4.78, 5) is 25.3. The minimum Gasteiger partial charge on any atom is -0.506 e. The Hall–Kier alpha value is -1.99. The van der Waals surface area contributed by atoms with Crippen molar-refractivity contribution in [3.05, 3.63) is 34.4 Å². The van der Waals surface area contributed by atoms with Gasteiger partial charge in [0.25, 0.3) is 0 Å². The van der Waals surface area contributed by atoms with Gasteiger partial charge in [0.05, 0.1) is 11.5 Å². The first-order valence-corrected chi connectivity index (χ1v) is 10.4. The van der Waals surface area contributed by atoms with Crippen molar-refractivity contribution >= 4 is 27.2 Å². The molecule has 0 aromatic heterocycles. The first-order valence-electron chi connectivity index (χ1n) is 8.50. The average molecular weight is 378 g/mol. The fourth-order valence-electron chi connectivity index (χ4n) is 4.02. The van der Waals surface area contributed by atoms with E-state index >= 15 is 0 Å². The van der Waals surface area contributed by atoms with Crippen LogP contribution in [0.15, 0.2) is 22.6 Å². The third-order valence-corrected chi connectivity index (χ3v) is 6.58. The number of aliphatic hydroxyl groups is 1. The van der Waals surface area contributed by atoms with Gasteiger partial charge in [0, 0.05) is 30.8 Å². The van der Waals surface area contributed by atoms with Crippen molar-refractivity contribution in [2.45, 2.75) is 37.7 Å². The number of Topliss-reactive ketones (excluding diaryl/α,β-unsaturated/α-hetero) is 2. The molecule has 2 saturated carbocycles. The molecule has 0 radical (unpaired) electrons. The van der Waals surface area contributed by atoms with Crippen LogP contribution < -0.4 is 0 Å². The number of benzene rings is 1. The van der Waals surface area contributed by atoms with Gasteiger partial charge in [0.15, 0.2) is 21.4 Å². The third kappa shape index (κ3) is 2.99. The van der Waals surface area contributed by atoms with Gasteiger partial charge >= 0.3 is 0 Å². The number of carbonyl (C=O) groups is 2. The van der Waals surface area contributed by atoms with E-state index in [1.54, 1.807) is 6.92 Å². The Balaban J connectivity index is 2.19. The molecule has 1 N–H and O–H groups in total. The zero-order chi connectivity index (χ0) is 19.2. The van der Waals surface area contributed by atoms with E-state index in [9.17, 15) is 23.1 Å². The molecule has 3 rings (SSSR count). The molecule has 2 unspecified atom stereocenters. The Morgan fingerprint density at radius 2 is 1.77 bits per heavy atom. The number of ketones is 2. The van der Waals surface area contributed by atoms with Gasteiger partial charge in [-0.2, -0.15) is 0 Å². The third-order valence-electron chi connectivity index (χ3n) is 5.40. The number of rotatable bonds is 4. The van der Waals surface area contributed by atoms with Gasteiger partial charge < -0.3 is 9.84 Å². The highest BCUT2D eigenvalue weighted by molar-refractivity contribution is 7.90. The van der Waals surface area contributed by atoms with E-state index in [1.807, 2.05) is 0 Å². The normalized spacial score (nSPS) is 22.8. The van der Waals surface area contributed by atoms with E-state index in [-0.39, 0.29) is 46.2 Å². The number of allylic oxidation sites excluding steroid dienone is 1. The summed E-state index contributed by atoms with van der Waals surface area (Å²) in [6.45, 7) is 1.69. The predicted octanol–water partition coefficient (Wildman–Crippen LogP) is 2.38. The number of hydrogen-bond acceptors (Lipinski definition) is 6. The molecule has 0 amide bonds. The van der Waals surface area contributed by atoms with Crippen LogP contribution in [0.3, 0.4) is 0 Å². The van der Waals surface area contributed by atoms with Crippen LogP contribution in [0, 0.1) is 18.8 Å². The van der Waals surface area contributed by atoms with Crippen molar-refractivity contribution in [1.29, 1.82) is 0 Å². The summed E-state index contributed by atoms with van der Waals surface area (Å²) in [5.41, 5.74) is 1.06. The Morgan fingerprint density at radius 3 is 2.27 bits per heavy atom. The number of fused-ring (bicyclic) bond motifs is 2. The largest absolute Gasteiger partial charge is 0.506 e. The number of sulfone groups is 1. The van der Waals surface area contributed by atoms with Gasteiger partial charge in [-0.3, -0.25) is 9.59 Å². The fraction of sp³-hybridized carbons (Fsp3) is 0.474. The van der Waals surface area contributed by atoms with Crippen LogP contribution in [0.25, 0.3) is 5.76 Å². The standard InChI is InChI=1S/C19H22O6S/c1-10-13(6-7-15(26(3,23)24)14(10)9-25-2)19(22)16-17(20)11-4-5-12(8-11)18(16)21/h6-7,11-12,22H,4-5,8-9H2,1-3H3. The molecule has 1 aromatic rings. The summed E-state index contributed by atoms with van der Waals surface area (Å²) in [5.74, 6) is -1.37.